The highest BCUT2D eigenvalue weighted by Crippen LogP contribution is 2.20. The predicted molar refractivity (Wildman–Crippen MR) is 116 cm³/mol. The van der Waals surface area contributed by atoms with Gasteiger partial charge in [0.05, 0.1) is 12.6 Å². The van der Waals surface area contributed by atoms with E-state index >= 15 is 0 Å². The van der Waals surface area contributed by atoms with E-state index in [2.05, 4.69) is 27.7 Å². The third-order valence-corrected chi connectivity index (χ3v) is 4.77. The van der Waals surface area contributed by atoms with Crippen LogP contribution in [0.4, 0.5) is 0 Å². The largest absolute Gasteiger partial charge is 0.343 e. The van der Waals surface area contributed by atoms with Crippen LogP contribution in [-0.2, 0) is 17.8 Å². The molecule has 0 aliphatic heterocycles. The number of allylic oxidation sites excluding steroid dienone is 1. The highest BCUT2D eigenvalue weighted by Gasteiger charge is 2.07. The van der Waals surface area contributed by atoms with E-state index < -0.39 is 0 Å². The van der Waals surface area contributed by atoms with E-state index in [1.165, 1.54) is 0 Å². The molecule has 0 spiro atoms. The minimum Gasteiger partial charge on any atom is -0.343 e. The van der Waals surface area contributed by atoms with Crippen LogP contribution in [0.1, 0.15) is 11.1 Å². The molecule has 1 N–H and O–H groups in total. The van der Waals surface area contributed by atoms with E-state index in [0.717, 1.165) is 39.3 Å². The minimum absolute atomic E-state index is 0.137. The molecule has 1 aromatic heterocycles. The first kappa shape index (κ1) is 17.7. The van der Waals surface area contributed by atoms with Crippen molar-refractivity contribution in [3.8, 4) is 0 Å². The van der Waals surface area contributed by atoms with Gasteiger partial charge in [0.15, 0.2) is 0 Å². The van der Waals surface area contributed by atoms with Gasteiger partial charge in [-0.15, -0.1) is 6.58 Å². The molecule has 0 aliphatic rings. The van der Waals surface area contributed by atoms with Crippen LogP contribution in [0.5, 0.6) is 0 Å². The van der Waals surface area contributed by atoms with Crippen molar-refractivity contribution in [3.05, 3.63) is 96.7 Å². The molecule has 0 atom stereocenters. The molecule has 4 nitrogen and oxygen atoms in total. The maximum absolute atomic E-state index is 12.4. The second-order valence-corrected chi connectivity index (χ2v) is 6.65. The van der Waals surface area contributed by atoms with Crippen molar-refractivity contribution in [1.82, 2.24) is 9.99 Å². The number of para-hydroxylation sites is 1. The number of nitrogens with one attached hydrogen (secondary N) is 1. The number of hydrogen-bond donors (Lipinski definition) is 1. The molecule has 138 valence electrons. The monoisotopic (exact) mass is 367 g/mol. The highest BCUT2D eigenvalue weighted by atomic mass is 16.2. The number of carbonyl (C=O) groups excluding carboxylic acids is 1. The van der Waals surface area contributed by atoms with E-state index in [9.17, 15) is 4.79 Å². The van der Waals surface area contributed by atoms with Gasteiger partial charge in [0.2, 0.25) is 5.91 Å². The topological polar surface area (TPSA) is 46.4 Å². The minimum atomic E-state index is -0.137. The lowest BCUT2D eigenvalue weighted by atomic mass is 10.0. The van der Waals surface area contributed by atoms with Crippen LogP contribution in [0.25, 0.3) is 21.7 Å². The van der Waals surface area contributed by atoms with Crippen LogP contribution < -0.4 is 5.43 Å². The van der Waals surface area contributed by atoms with Crippen molar-refractivity contribution in [2.45, 2.75) is 13.0 Å². The molecular formula is C24H21N3O. The molecule has 0 aliphatic carbocycles. The number of hydrazone groups is 1. The van der Waals surface area contributed by atoms with Gasteiger partial charge < -0.3 is 4.57 Å². The number of fused-ring (bicyclic) bond motifs is 2. The predicted octanol–water partition coefficient (Wildman–Crippen LogP) is 4.67. The summed E-state index contributed by atoms with van der Waals surface area (Å²) in [5.41, 5.74) is 5.72. The molecule has 0 radical (unpaired) electrons. The summed E-state index contributed by atoms with van der Waals surface area (Å²) in [5.74, 6) is -0.137. The van der Waals surface area contributed by atoms with Crippen molar-refractivity contribution >= 4 is 33.8 Å². The smallest absolute Gasteiger partial charge is 0.244 e. The van der Waals surface area contributed by atoms with Crippen LogP contribution in [0.3, 0.4) is 0 Å². The Morgan fingerprint density at radius 3 is 2.61 bits per heavy atom. The third kappa shape index (κ3) is 3.58. The SMILES string of the molecule is C=CCn1cc(/C=N\NC(=O)Cc2cccc3ccccc23)c2ccccc21. The summed E-state index contributed by atoms with van der Waals surface area (Å²) in [4.78, 5) is 12.4. The molecule has 28 heavy (non-hydrogen) atoms. The summed E-state index contributed by atoms with van der Waals surface area (Å²) >= 11 is 0. The lowest BCUT2D eigenvalue weighted by Crippen LogP contribution is -2.19. The maximum Gasteiger partial charge on any atom is 0.244 e. The Morgan fingerprint density at radius 2 is 1.75 bits per heavy atom. The molecule has 1 heterocycles. The Kier molecular flexibility index (Phi) is 5.02. The Bertz CT molecular complexity index is 1180. The van der Waals surface area contributed by atoms with Crippen molar-refractivity contribution in [2.24, 2.45) is 5.10 Å². The third-order valence-electron chi connectivity index (χ3n) is 4.77. The molecule has 4 heteroatoms. The van der Waals surface area contributed by atoms with Crippen molar-refractivity contribution in [1.29, 1.82) is 0 Å². The van der Waals surface area contributed by atoms with Crippen molar-refractivity contribution < 1.29 is 4.79 Å². The normalized spacial score (nSPS) is 11.3. The molecule has 0 unspecified atom stereocenters. The fourth-order valence-electron chi connectivity index (χ4n) is 3.50. The fourth-order valence-corrected chi connectivity index (χ4v) is 3.50. The average Bonchev–Trinajstić information content (AvgIpc) is 3.06. The average molecular weight is 367 g/mol. The molecule has 0 saturated heterocycles. The number of benzene rings is 3. The Morgan fingerprint density at radius 1 is 1.00 bits per heavy atom. The van der Waals surface area contributed by atoms with Gasteiger partial charge in [-0.05, 0) is 22.4 Å². The summed E-state index contributed by atoms with van der Waals surface area (Å²) in [6.45, 7) is 4.53. The summed E-state index contributed by atoms with van der Waals surface area (Å²) in [7, 11) is 0. The zero-order chi connectivity index (χ0) is 19.3. The number of rotatable bonds is 6. The number of aromatic nitrogens is 1. The van der Waals surface area contributed by atoms with Gasteiger partial charge in [0.25, 0.3) is 0 Å². The second kappa shape index (κ2) is 7.92. The fraction of sp³-hybridized carbons (Fsp3) is 0.0833. The standard InChI is InChI=1S/C24H21N3O/c1-2-14-27-17-20(22-12-5-6-13-23(22)27)16-25-26-24(28)15-19-10-7-9-18-8-3-4-11-21(18)19/h2-13,16-17H,1,14-15H2,(H,26,28)/b25-16-. The maximum atomic E-state index is 12.4. The van der Waals surface area contributed by atoms with E-state index in [0.29, 0.717) is 0 Å². The summed E-state index contributed by atoms with van der Waals surface area (Å²) in [6.07, 6.45) is 5.87. The van der Waals surface area contributed by atoms with E-state index in [1.807, 2.05) is 72.9 Å². The number of hydrogen-bond acceptors (Lipinski definition) is 2. The first-order valence-corrected chi connectivity index (χ1v) is 9.23. The summed E-state index contributed by atoms with van der Waals surface area (Å²) in [5, 5.41) is 7.50. The van der Waals surface area contributed by atoms with E-state index in [-0.39, 0.29) is 12.3 Å². The van der Waals surface area contributed by atoms with Gasteiger partial charge in [-0.1, -0.05) is 66.7 Å². The van der Waals surface area contributed by atoms with Gasteiger partial charge in [0, 0.05) is 29.2 Å². The lowest BCUT2D eigenvalue weighted by molar-refractivity contribution is -0.120. The zero-order valence-electron chi connectivity index (χ0n) is 15.5. The first-order valence-electron chi connectivity index (χ1n) is 9.23. The molecule has 0 bridgehead atoms. The van der Waals surface area contributed by atoms with Crippen LogP contribution in [0.2, 0.25) is 0 Å². The summed E-state index contributed by atoms with van der Waals surface area (Å²) in [6, 6.07) is 22.2. The van der Waals surface area contributed by atoms with Crippen molar-refractivity contribution in [3.63, 3.8) is 0 Å². The van der Waals surface area contributed by atoms with Gasteiger partial charge in [-0.2, -0.15) is 5.10 Å². The molecule has 0 saturated carbocycles. The van der Waals surface area contributed by atoms with Gasteiger partial charge in [-0.3, -0.25) is 4.79 Å². The lowest BCUT2D eigenvalue weighted by Gasteiger charge is -2.05. The summed E-state index contributed by atoms with van der Waals surface area (Å²) < 4.78 is 2.11. The van der Waals surface area contributed by atoms with Gasteiger partial charge >= 0.3 is 0 Å². The highest BCUT2D eigenvalue weighted by molar-refractivity contribution is 6.00. The Balaban J connectivity index is 1.50. The molecule has 1 amide bonds. The van der Waals surface area contributed by atoms with Crippen LogP contribution in [0, 0.1) is 0 Å². The molecular weight excluding hydrogens is 346 g/mol. The Labute approximate surface area is 163 Å². The van der Waals surface area contributed by atoms with Crippen LogP contribution in [-0.4, -0.2) is 16.7 Å². The Hall–Kier alpha value is -3.66. The van der Waals surface area contributed by atoms with Crippen molar-refractivity contribution in [2.75, 3.05) is 0 Å². The van der Waals surface area contributed by atoms with Crippen LogP contribution >= 0.6 is 0 Å². The first-order chi connectivity index (χ1) is 13.8. The van der Waals surface area contributed by atoms with Gasteiger partial charge in [0.1, 0.15) is 0 Å². The number of nitrogens with zero attached hydrogens (tertiary/aromatic N) is 2. The van der Waals surface area contributed by atoms with E-state index in [1.54, 1.807) is 6.21 Å². The zero-order valence-corrected chi connectivity index (χ0v) is 15.5. The molecule has 4 rings (SSSR count). The van der Waals surface area contributed by atoms with E-state index in [4.69, 9.17) is 0 Å². The van der Waals surface area contributed by atoms with Crippen LogP contribution in [0.15, 0.2) is 90.7 Å². The van der Waals surface area contributed by atoms with Gasteiger partial charge in [-0.25, -0.2) is 5.43 Å². The quantitative estimate of drug-likeness (QED) is 0.300. The number of carbonyl (C=O) groups is 1. The molecule has 4 aromatic rings. The number of amides is 1. The molecule has 0 fully saturated rings. The molecule has 3 aromatic carbocycles. The second-order valence-electron chi connectivity index (χ2n) is 6.65.